The zero-order valence-corrected chi connectivity index (χ0v) is 13.9. The van der Waals surface area contributed by atoms with E-state index in [2.05, 4.69) is 0 Å². The number of anilines is 2. The number of carbonyl (C=O) groups is 1. The number of para-hydroxylation sites is 2. The highest BCUT2D eigenvalue weighted by Crippen LogP contribution is 2.32. The van der Waals surface area contributed by atoms with Crippen LogP contribution in [0.2, 0.25) is 0 Å². The van der Waals surface area contributed by atoms with Crippen molar-refractivity contribution in [2.45, 2.75) is 16.8 Å². The summed E-state index contributed by atoms with van der Waals surface area (Å²) in [6.45, 7) is 0.0942. The normalized spacial score (nSPS) is 14.7. The maximum absolute atomic E-state index is 11.9. The number of rotatable bonds is 7. The van der Waals surface area contributed by atoms with Crippen LogP contribution in [-0.2, 0) is 4.79 Å². The lowest BCUT2D eigenvalue weighted by molar-refractivity contribution is -0.138. The van der Waals surface area contributed by atoms with Gasteiger partial charge in [0.1, 0.15) is 6.04 Å². The maximum atomic E-state index is 11.9. The fraction of sp³-hybridized carbons (Fsp3) is 0.235. The van der Waals surface area contributed by atoms with Crippen molar-refractivity contribution in [2.24, 2.45) is 5.73 Å². The monoisotopic (exact) mass is 352 g/mol. The number of alkyl halides is 2. The molecule has 0 heterocycles. The van der Waals surface area contributed by atoms with E-state index in [9.17, 15) is 9.90 Å². The Morgan fingerprint density at radius 1 is 1.00 bits per heavy atom. The quantitative estimate of drug-likeness (QED) is 0.749. The van der Waals surface area contributed by atoms with E-state index in [0.717, 1.165) is 11.4 Å². The molecule has 0 amide bonds. The van der Waals surface area contributed by atoms with Crippen molar-refractivity contribution < 1.29 is 9.90 Å². The van der Waals surface area contributed by atoms with Gasteiger partial charge in [-0.1, -0.05) is 36.4 Å². The fourth-order valence-electron chi connectivity index (χ4n) is 2.36. The molecule has 0 saturated carbocycles. The van der Waals surface area contributed by atoms with E-state index in [-0.39, 0.29) is 6.54 Å². The largest absolute Gasteiger partial charge is 0.480 e. The molecule has 0 aliphatic heterocycles. The van der Waals surface area contributed by atoms with Gasteiger partial charge in [-0.3, -0.25) is 0 Å². The van der Waals surface area contributed by atoms with Crippen LogP contribution in [0.3, 0.4) is 0 Å². The van der Waals surface area contributed by atoms with Gasteiger partial charge in [0.25, 0.3) is 0 Å². The lowest BCUT2D eigenvalue weighted by Gasteiger charge is -2.35. The molecule has 0 radical (unpaired) electrons. The fourth-order valence-corrected chi connectivity index (χ4v) is 2.83. The second-order valence-corrected chi connectivity index (χ2v) is 6.08. The van der Waals surface area contributed by atoms with Crippen molar-refractivity contribution in [1.29, 1.82) is 0 Å². The Morgan fingerprint density at radius 2 is 1.43 bits per heavy atom. The minimum atomic E-state index is -1.06. The van der Waals surface area contributed by atoms with E-state index in [1.165, 1.54) is 0 Å². The smallest absolute Gasteiger partial charge is 0.328 e. The lowest BCUT2D eigenvalue weighted by atomic mass is 10.1. The average Bonchev–Trinajstić information content (AvgIpc) is 2.59. The molecule has 3 unspecified atom stereocenters. The highest BCUT2D eigenvalue weighted by atomic mass is 35.5. The number of benzene rings is 2. The van der Waals surface area contributed by atoms with Crippen molar-refractivity contribution in [1.82, 2.24) is 0 Å². The minimum absolute atomic E-state index is 0.0942. The number of nitrogens with zero attached hydrogens (tertiary/aromatic N) is 1. The zero-order valence-electron chi connectivity index (χ0n) is 12.3. The molecule has 2 rings (SSSR count). The predicted octanol–water partition coefficient (Wildman–Crippen LogP) is 3.45. The van der Waals surface area contributed by atoms with Gasteiger partial charge in [-0.05, 0) is 24.3 Å². The van der Waals surface area contributed by atoms with Crippen LogP contribution in [0.5, 0.6) is 0 Å². The number of carboxylic acids is 1. The molecule has 2 aromatic carbocycles. The molecular weight excluding hydrogens is 335 g/mol. The van der Waals surface area contributed by atoms with Gasteiger partial charge in [-0.25, -0.2) is 4.79 Å². The highest BCUT2D eigenvalue weighted by Gasteiger charge is 2.37. The van der Waals surface area contributed by atoms with E-state index in [0.29, 0.717) is 0 Å². The first kappa shape index (κ1) is 17.6. The zero-order chi connectivity index (χ0) is 16.8. The summed E-state index contributed by atoms with van der Waals surface area (Å²) in [5.41, 5.74) is 7.00. The summed E-state index contributed by atoms with van der Waals surface area (Å²) >= 11 is 12.5. The van der Waals surface area contributed by atoms with Gasteiger partial charge in [-0.15, -0.1) is 23.2 Å². The van der Waals surface area contributed by atoms with E-state index >= 15 is 0 Å². The van der Waals surface area contributed by atoms with Crippen LogP contribution in [0.25, 0.3) is 0 Å². The number of hydrogen-bond acceptors (Lipinski definition) is 3. The molecule has 0 spiro atoms. The van der Waals surface area contributed by atoms with Gasteiger partial charge in [0.15, 0.2) is 0 Å². The van der Waals surface area contributed by atoms with E-state index < -0.39 is 22.8 Å². The van der Waals surface area contributed by atoms with E-state index in [4.69, 9.17) is 28.9 Å². The van der Waals surface area contributed by atoms with Crippen LogP contribution >= 0.6 is 23.2 Å². The van der Waals surface area contributed by atoms with Crippen molar-refractivity contribution in [3.8, 4) is 0 Å². The summed E-state index contributed by atoms with van der Waals surface area (Å²) in [5.74, 6) is -1.06. The Bertz CT molecular complexity index is 586. The second kappa shape index (κ2) is 8.20. The van der Waals surface area contributed by atoms with Crippen molar-refractivity contribution in [2.75, 3.05) is 11.4 Å². The topological polar surface area (TPSA) is 66.6 Å². The molecule has 0 aliphatic carbocycles. The molecule has 2 aromatic rings. The van der Waals surface area contributed by atoms with Crippen LogP contribution in [0.15, 0.2) is 60.7 Å². The Morgan fingerprint density at radius 3 is 1.78 bits per heavy atom. The minimum Gasteiger partial charge on any atom is -0.480 e. The van der Waals surface area contributed by atoms with Gasteiger partial charge < -0.3 is 15.7 Å². The van der Waals surface area contributed by atoms with Gasteiger partial charge >= 0.3 is 5.97 Å². The maximum Gasteiger partial charge on any atom is 0.328 e. The molecule has 3 atom stereocenters. The SMILES string of the molecule is NCC(Cl)C(Cl)C(C(=O)O)N(c1ccccc1)c1ccccc1. The van der Waals surface area contributed by atoms with E-state index in [1.54, 1.807) is 4.90 Å². The third-order valence-corrected chi connectivity index (χ3v) is 4.59. The summed E-state index contributed by atoms with van der Waals surface area (Å²) < 4.78 is 0. The molecule has 0 aromatic heterocycles. The molecule has 4 nitrogen and oxygen atoms in total. The van der Waals surface area contributed by atoms with Crippen LogP contribution in [0.4, 0.5) is 11.4 Å². The Hall–Kier alpha value is -1.75. The average molecular weight is 353 g/mol. The first-order valence-corrected chi connectivity index (χ1v) is 8.04. The molecule has 0 fully saturated rings. The molecule has 3 N–H and O–H groups in total. The molecule has 122 valence electrons. The number of halogens is 2. The third kappa shape index (κ3) is 4.16. The summed E-state index contributed by atoms with van der Waals surface area (Å²) in [6.07, 6.45) is 0. The number of hydrogen-bond donors (Lipinski definition) is 2. The first-order chi connectivity index (χ1) is 11.1. The summed E-state index contributed by atoms with van der Waals surface area (Å²) in [6, 6.07) is 17.4. The van der Waals surface area contributed by atoms with Gasteiger partial charge in [0, 0.05) is 17.9 Å². The molecule has 0 aliphatic rings. The van der Waals surface area contributed by atoms with Crippen molar-refractivity contribution in [3.63, 3.8) is 0 Å². The number of nitrogens with two attached hydrogens (primary N) is 1. The van der Waals surface area contributed by atoms with Crippen LogP contribution in [0.1, 0.15) is 0 Å². The molecular formula is C17H18Cl2N2O2. The summed E-state index contributed by atoms with van der Waals surface area (Å²) in [4.78, 5) is 13.6. The summed E-state index contributed by atoms with van der Waals surface area (Å²) in [7, 11) is 0. The molecule has 0 bridgehead atoms. The third-order valence-electron chi connectivity index (χ3n) is 3.47. The van der Waals surface area contributed by atoms with Gasteiger partial charge in [0.05, 0.1) is 10.8 Å². The lowest BCUT2D eigenvalue weighted by Crippen LogP contribution is -2.49. The first-order valence-electron chi connectivity index (χ1n) is 7.16. The van der Waals surface area contributed by atoms with Crippen LogP contribution in [0, 0.1) is 0 Å². The number of carboxylic acid groups (broad SMARTS) is 1. The standard InChI is InChI=1S/C17H18Cl2N2O2/c18-14(11-20)15(19)16(17(22)23)21(12-7-3-1-4-8-12)13-9-5-2-6-10-13/h1-10,14-16H,11,20H2,(H,22,23). The van der Waals surface area contributed by atoms with Crippen molar-refractivity contribution >= 4 is 40.5 Å². The van der Waals surface area contributed by atoms with E-state index in [1.807, 2.05) is 60.7 Å². The van der Waals surface area contributed by atoms with Crippen LogP contribution < -0.4 is 10.6 Å². The molecule has 0 saturated heterocycles. The van der Waals surface area contributed by atoms with Gasteiger partial charge in [-0.2, -0.15) is 0 Å². The highest BCUT2D eigenvalue weighted by molar-refractivity contribution is 6.31. The van der Waals surface area contributed by atoms with Gasteiger partial charge in [0.2, 0.25) is 0 Å². The molecule has 6 heteroatoms. The summed E-state index contributed by atoms with van der Waals surface area (Å²) in [5, 5.41) is 8.23. The van der Waals surface area contributed by atoms with Crippen molar-refractivity contribution in [3.05, 3.63) is 60.7 Å². The Labute approximate surface area is 145 Å². The van der Waals surface area contributed by atoms with Crippen LogP contribution in [-0.4, -0.2) is 34.4 Å². The Kier molecular flexibility index (Phi) is 6.28. The number of aliphatic carboxylic acids is 1. The Balaban J connectivity index is 2.52. The predicted molar refractivity (Wildman–Crippen MR) is 94.8 cm³/mol. The molecule has 23 heavy (non-hydrogen) atoms. The second-order valence-electron chi connectivity index (χ2n) is 5.02.